The van der Waals surface area contributed by atoms with E-state index >= 15 is 0 Å². The predicted molar refractivity (Wildman–Crippen MR) is 37.5 cm³/mol. The van der Waals surface area contributed by atoms with Gasteiger partial charge in [-0.25, -0.2) is 0 Å². The summed E-state index contributed by atoms with van der Waals surface area (Å²) >= 11 is 0. The lowest BCUT2D eigenvalue weighted by atomic mass is 9.77. The Morgan fingerprint density at radius 3 is 1.33 bits per heavy atom. The van der Waals surface area contributed by atoms with Crippen molar-refractivity contribution in [1.82, 2.24) is 0 Å². The van der Waals surface area contributed by atoms with Gasteiger partial charge >= 0.3 is 11.8 Å². The van der Waals surface area contributed by atoms with Crippen LogP contribution < -0.4 is 0 Å². The molecule has 0 aromatic carbocycles. The topological polar surface area (TPSA) is 0 Å². The molecule has 1 rings (SSSR count). The highest BCUT2D eigenvalue weighted by molar-refractivity contribution is 4.93. The molecule has 1 saturated carbocycles. The average molecular weight is 184 g/mol. The van der Waals surface area contributed by atoms with Crippen LogP contribution in [-0.2, 0) is 0 Å². The van der Waals surface area contributed by atoms with Crippen molar-refractivity contribution in [2.75, 3.05) is 0 Å². The van der Waals surface area contributed by atoms with Crippen LogP contribution in [0.3, 0.4) is 0 Å². The third-order valence-corrected chi connectivity index (χ3v) is 2.66. The zero-order valence-corrected chi connectivity index (χ0v) is 7.08. The van der Waals surface area contributed by atoms with Crippen molar-refractivity contribution in [2.45, 2.75) is 38.5 Å². The van der Waals surface area contributed by atoms with Crippen molar-refractivity contribution in [3.05, 3.63) is 0 Å². The first-order valence-corrected chi connectivity index (χ1v) is 4.02. The van der Waals surface area contributed by atoms with Gasteiger partial charge in [0.25, 0.3) is 0 Å². The highest BCUT2D eigenvalue weighted by atomic mass is 19.3. The van der Waals surface area contributed by atoms with Crippen LogP contribution in [0.4, 0.5) is 17.6 Å². The van der Waals surface area contributed by atoms with Gasteiger partial charge in [-0.3, -0.25) is 0 Å². The maximum Gasteiger partial charge on any atom is 0.310 e. The minimum Gasteiger partial charge on any atom is -0.200 e. The van der Waals surface area contributed by atoms with Gasteiger partial charge in [0.1, 0.15) is 0 Å². The molecule has 0 aliphatic heterocycles. The molecule has 0 radical (unpaired) electrons. The van der Waals surface area contributed by atoms with Gasteiger partial charge in [-0.2, -0.15) is 17.6 Å². The van der Waals surface area contributed by atoms with Crippen LogP contribution in [0, 0.1) is 11.8 Å². The van der Waals surface area contributed by atoms with Gasteiger partial charge < -0.3 is 0 Å². The summed E-state index contributed by atoms with van der Waals surface area (Å²) < 4.78 is 50.6. The first-order chi connectivity index (χ1) is 5.26. The largest absolute Gasteiger partial charge is 0.310 e. The van der Waals surface area contributed by atoms with Crippen molar-refractivity contribution < 1.29 is 17.6 Å². The molecule has 1 fully saturated rings. The summed E-state index contributed by atoms with van der Waals surface area (Å²) in [6.45, 7) is 3.18. The van der Waals surface area contributed by atoms with Crippen LogP contribution >= 0.6 is 0 Å². The first-order valence-electron chi connectivity index (χ1n) is 4.02. The molecule has 12 heavy (non-hydrogen) atoms. The molecule has 0 nitrogen and oxygen atoms in total. The number of hydrogen-bond acceptors (Lipinski definition) is 0. The van der Waals surface area contributed by atoms with E-state index in [9.17, 15) is 17.6 Å². The van der Waals surface area contributed by atoms with Crippen molar-refractivity contribution in [3.8, 4) is 0 Å². The maximum absolute atomic E-state index is 12.7. The Bertz CT molecular complexity index is 156. The smallest absolute Gasteiger partial charge is 0.200 e. The molecule has 0 heterocycles. The lowest BCUT2D eigenvalue weighted by Gasteiger charge is -2.38. The Kier molecular flexibility index (Phi) is 2.13. The Morgan fingerprint density at radius 1 is 0.833 bits per heavy atom. The second-order valence-corrected chi connectivity index (χ2v) is 3.77. The second-order valence-electron chi connectivity index (χ2n) is 3.77. The van der Waals surface area contributed by atoms with Crippen LogP contribution in [0.1, 0.15) is 26.7 Å². The summed E-state index contributed by atoms with van der Waals surface area (Å²) in [6.07, 6.45) is -1.39. The molecular formula is C8H12F4. The van der Waals surface area contributed by atoms with Crippen molar-refractivity contribution in [2.24, 2.45) is 11.8 Å². The molecule has 72 valence electrons. The van der Waals surface area contributed by atoms with Crippen LogP contribution in [-0.4, -0.2) is 11.8 Å². The van der Waals surface area contributed by atoms with E-state index in [1.165, 1.54) is 0 Å². The van der Waals surface area contributed by atoms with Crippen LogP contribution in [0.2, 0.25) is 0 Å². The minimum atomic E-state index is -3.81. The standard InChI is InChI=1S/C8H12F4/c1-5-3-7(9,10)8(11,12)4-6(5)2/h5-6H,3-4H2,1-2H3/t5-,6+. The van der Waals surface area contributed by atoms with E-state index in [-0.39, 0.29) is 11.8 Å². The normalized spacial score (nSPS) is 39.5. The second kappa shape index (κ2) is 2.60. The van der Waals surface area contributed by atoms with Gasteiger partial charge in [-0.1, -0.05) is 13.8 Å². The molecule has 0 aromatic heterocycles. The van der Waals surface area contributed by atoms with Gasteiger partial charge in [0.2, 0.25) is 0 Å². The fourth-order valence-corrected chi connectivity index (χ4v) is 1.51. The molecule has 4 heteroatoms. The van der Waals surface area contributed by atoms with E-state index in [0.717, 1.165) is 0 Å². The summed E-state index contributed by atoms with van der Waals surface area (Å²) in [4.78, 5) is 0. The quantitative estimate of drug-likeness (QED) is 0.506. The predicted octanol–water partition coefficient (Wildman–Crippen LogP) is 3.32. The Hall–Kier alpha value is -0.280. The molecule has 0 saturated heterocycles. The molecule has 0 spiro atoms. The highest BCUT2D eigenvalue weighted by Gasteiger charge is 2.60. The molecule has 0 N–H and O–H groups in total. The Morgan fingerprint density at radius 2 is 1.08 bits per heavy atom. The third-order valence-electron chi connectivity index (χ3n) is 2.66. The van der Waals surface area contributed by atoms with E-state index in [1.54, 1.807) is 13.8 Å². The molecule has 0 amide bonds. The molecule has 1 aliphatic rings. The third kappa shape index (κ3) is 1.43. The molecule has 1 aliphatic carbocycles. The van der Waals surface area contributed by atoms with E-state index in [4.69, 9.17) is 0 Å². The summed E-state index contributed by atoms with van der Waals surface area (Å²) in [5.74, 6) is -8.25. The summed E-state index contributed by atoms with van der Waals surface area (Å²) in [6, 6.07) is 0. The van der Waals surface area contributed by atoms with E-state index in [0.29, 0.717) is 0 Å². The minimum absolute atomic E-state index is 0.320. The Labute approximate surface area is 69.0 Å². The van der Waals surface area contributed by atoms with Crippen LogP contribution in [0.5, 0.6) is 0 Å². The van der Waals surface area contributed by atoms with Gasteiger partial charge in [0.05, 0.1) is 0 Å². The molecule has 2 atom stereocenters. The van der Waals surface area contributed by atoms with Crippen LogP contribution in [0.25, 0.3) is 0 Å². The van der Waals surface area contributed by atoms with E-state index < -0.39 is 24.7 Å². The molecule has 0 unspecified atom stereocenters. The number of alkyl halides is 4. The van der Waals surface area contributed by atoms with E-state index in [1.807, 2.05) is 0 Å². The maximum atomic E-state index is 12.7. The monoisotopic (exact) mass is 184 g/mol. The molecule has 0 bridgehead atoms. The first kappa shape index (κ1) is 9.81. The lowest BCUT2D eigenvalue weighted by molar-refractivity contribution is -0.246. The lowest BCUT2D eigenvalue weighted by Crippen LogP contribution is -2.48. The van der Waals surface area contributed by atoms with Gasteiger partial charge in [0.15, 0.2) is 0 Å². The Balaban J connectivity index is 2.80. The van der Waals surface area contributed by atoms with Gasteiger partial charge in [-0.05, 0) is 11.8 Å². The fraction of sp³-hybridized carbons (Fsp3) is 1.00. The summed E-state index contributed by atoms with van der Waals surface area (Å²) in [5.41, 5.74) is 0. The van der Waals surface area contributed by atoms with Gasteiger partial charge in [-0.15, -0.1) is 0 Å². The number of rotatable bonds is 0. The SMILES string of the molecule is C[C@@H]1CC(F)(F)C(F)(F)C[C@@H]1C. The fourth-order valence-electron chi connectivity index (χ4n) is 1.51. The van der Waals surface area contributed by atoms with Crippen molar-refractivity contribution in [3.63, 3.8) is 0 Å². The highest BCUT2D eigenvalue weighted by Crippen LogP contribution is 2.49. The number of hydrogen-bond donors (Lipinski definition) is 0. The molecular weight excluding hydrogens is 172 g/mol. The zero-order valence-electron chi connectivity index (χ0n) is 7.08. The van der Waals surface area contributed by atoms with Crippen LogP contribution in [0.15, 0.2) is 0 Å². The average Bonchev–Trinajstić information content (AvgIpc) is 1.82. The summed E-state index contributed by atoms with van der Waals surface area (Å²) in [7, 11) is 0. The van der Waals surface area contributed by atoms with Gasteiger partial charge in [0, 0.05) is 12.8 Å². The van der Waals surface area contributed by atoms with E-state index in [2.05, 4.69) is 0 Å². The van der Waals surface area contributed by atoms with Crippen molar-refractivity contribution >= 4 is 0 Å². The van der Waals surface area contributed by atoms with Crippen molar-refractivity contribution in [1.29, 1.82) is 0 Å². The summed E-state index contributed by atoms with van der Waals surface area (Å²) in [5, 5.41) is 0. The zero-order chi connectivity index (χ0) is 9.57. The number of halogens is 4. The molecule has 0 aromatic rings.